The molecule has 1 aromatic rings. The molecule has 0 bridgehead atoms. The maximum absolute atomic E-state index is 11.3. The molecule has 1 unspecified atom stereocenters. The molecule has 0 aliphatic heterocycles. The minimum absolute atomic E-state index is 0.0542. The molecule has 6 heteroatoms. The fourth-order valence-corrected chi connectivity index (χ4v) is 1.49. The number of hydrogen-bond acceptors (Lipinski definition) is 3. The van der Waals surface area contributed by atoms with Crippen LogP contribution in [-0.4, -0.2) is 26.5 Å². The van der Waals surface area contributed by atoms with E-state index < -0.39 is 16.9 Å². The number of rotatable bonds is 4. The predicted molar refractivity (Wildman–Crippen MR) is 51.3 cm³/mol. The van der Waals surface area contributed by atoms with Crippen LogP contribution in [0.15, 0.2) is 9.59 Å². The number of H-pyrrole nitrogens is 2. The fraction of sp³-hybridized carbons (Fsp3) is 0.750. The third kappa shape index (κ3) is 1.65. The first-order valence-corrected chi connectivity index (χ1v) is 4.56. The van der Waals surface area contributed by atoms with Crippen molar-refractivity contribution in [1.82, 2.24) is 14.8 Å². The number of aliphatic hydroxyl groups is 1. The van der Waals surface area contributed by atoms with Crippen LogP contribution in [0.25, 0.3) is 0 Å². The maximum Gasteiger partial charge on any atom is 0.344 e. The molecule has 0 amide bonds. The highest BCUT2D eigenvalue weighted by molar-refractivity contribution is 4.84. The van der Waals surface area contributed by atoms with Gasteiger partial charge in [0.2, 0.25) is 0 Å². The van der Waals surface area contributed by atoms with Crippen LogP contribution in [0.4, 0.5) is 0 Å². The van der Waals surface area contributed by atoms with Crippen molar-refractivity contribution < 1.29 is 5.11 Å². The predicted octanol–water partition coefficient (Wildman–Crippen LogP) is -0.628. The van der Waals surface area contributed by atoms with Gasteiger partial charge in [-0.25, -0.2) is 24.4 Å². The van der Waals surface area contributed by atoms with Crippen LogP contribution in [0.2, 0.25) is 0 Å². The number of aromatic amines is 2. The number of aromatic nitrogens is 3. The molecule has 0 fully saturated rings. The van der Waals surface area contributed by atoms with Crippen LogP contribution in [0.3, 0.4) is 0 Å². The van der Waals surface area contributed by atoms with Gasteiger partial charge in [-0.15, -0.1) is 0 Å². The van der Waals surface area contributed by atoms with Gasteiger partial charge in [-0.2, -0.15) is 0 Å². The minimum Gasteiger partial charge on any atom is -0.396 e. The van der Waals surface area contributed by atoms with E-state index >= 15 is 0 Å². The molecule has 0 aliphatic rings. The summed E-state index contributed by atoms with van der Waals surface area (Å²) in [6, 6.07) is 0. The van der Waals surface area contributed by atoms with Gasteiger partial charge in [-0.05, 0) is 19.8 Å². The Bertz CT molecular complexity index is 375. The van der Waals surface area contributed by atoms with E-state index in [0.29, 0.717) is 12.8 Å². The summed E-state index contributed by atoms with van der Waals surface area (Å²) in [5, 5.41) is 13.3. The first-order chi connectivity index (χ1) is 6.55. The second kappa shape index (κ2) is 3.83. The van der Waals surface area contributed by atoms with Gasteiger partial charge in [-0.1, -0.05) is 6.92 Å². The second-order valence-corrected chi connectivity index (χ2v) is 3.52. The zero-order chi connectivity index (χ0) is 10.8. The van der Waals surface area contributed by atoms with Crippen molar-refractivity contribution in [2.24, 2.45) is 0 Å². The van der Waals surface area contributed by atoms with Crippen molar-refractivity contribution in [2.45, 2.75) is 32.2 Å². The Morgan fingerprint density at radius 3 is 2.21 bits per heavy atom. The van der Waals surface area contributed by atoms with Crippen molar-refractivity contribution >= 4 is 0 Å². The van der Waals surface area contributed by atoms with Crippen molar-refractivity contribution in [1.29, 1.82) is 0 Å². The highest BCUT2D eigenvalue weighted by Crippen LogP contribution is 2.20. The second-order valence-electron chi connectivity index (χ2n) is 3.52. The number of nitrogens with one attached hydrogen (secondary N) is 2. The van der Waals surface area contributed by atoms with Crippen LogP contribution in [-0.2, 0) is 5.54 Å². The lowest BCUT2D eigenvalue weighted by Crippen LogP contribution is -2.43. The van der Waals surface area contributed by atoms with E-state index in [2.05, 4.69) is 10.2 Å². The molecule has 14 heavy (non-hydrogen) atoms. The van der Waals surface area contributed by atoms with Gasteiger partial charge in [0.25, 0.3) is 0 Å². The van der Waals surface area contributed by atoms with E-state index in [-0.39, 0.29) is 6.61 Å². The Balaban J connectivity index is 3.25. The molecule has 0 saturated heterocycles. The SMILES string of the molecule is CCC(C)(CCO)n1c(=O)[nH][nH]c1=O. The minimum atomic E-state index is -0.626. The Hall–Kier alpha value is -1.30. The fourth-order valence-electron chi connectivity index (χ4n) is 1.49. The summed E-state index contributed by atoms with van der Waals surface area (Å²) in [4.78, 5) is 22.6. The van der Waals surface area contributed by atoms with E-state index in [1.54, 1.807) is 6.92 Å². The zero-order valence-electron chi connectivity index (χ0n) is 8.33. The average molecular weight is 201 g/mol. The van der Waals surface area contributed by atoms with Crippen molar-refractivity contribution in [3.05, 3.63) is 21.0 Å². The van der Waals surface area contributed by atoms with E-state index in [9.17, 15) is 9.59 Å². The first-order valence-electron chi connectivity index (χ1n) is 4.56. The summed E-state index contributed by atoms with van der Waals surface area (Å²) in [7, 11) is 0. The smallest absolute Gasteiger partial charge is 0.344 e. The third-order valence-corrected chi connectivity index (χ3v) is 2.63. The Kier molecular flexibility index (Phi) is 2.95. The number of hydrogen-bond donors (Lipinski definition) is 3. The number of aliphatic hydroxyl groups excluding tert-OH is 1. The third-order valence-electron chi connectivity index (χ3n) is 2.63. The van der Waals surface area contributed by atoms with E-state index in [1.807, 2.05) is 6.92 Å². The standard InChI is InChI=1S/C8H15N3O3/c1-3-8(2,4-5-12)11-6(13)9-10-7(11)14/h12H,3-5H2,1-2H3,(H,9,13)(H,10,14). The molecule has 0 spiro atoms. The highest BCUT2D eigenvalue weighted by Gasteiger charge is 2.27. The molecule has 0 aromatic carbocycles. The van der Waals surface area contributed by atoms with Crippen LogP contribution in [0.5, 0.6) is 0 Å². The average Bonchev–Trinajstić information content (AvgIpc) is 2.47. The summed E-state index contributed by atoms with van der Waals surface area (Å²) in [6.07, 6.45) is 0.985. The maximum atomic E-state index is 11.3. The molecule has 1 heterocycles. The monoisotopic (exact) mass is 201 g/mol. The zero-order valence-corrected chi connectivity index (χ0v) is 8.33. The number of nitrogens with zero attached hydrogens (tertiary/aromatic N) is 1. The normalized spacial score (nSPS) is 15.4. The molecule has 3 N–H and O–H groups in total. The van der Waals surface area contributed by atoms with E-state index in [4.69, 9.17) is 5.11 Å². The summed E-state index contributed by atoms with van der Waals surface area (Å²) in [6.45, 7) is 3.59. The lowest BCUT2D eigenvalue weighted by molar-refractivity contribution is 0.187. The Morgan fingerprint density at radius 1 is 1.36 bits per heavy atom. The molecule has 80 valence electrons. The molecule has 0 aliphatic carbocycles. The summed E-state index contributed by atoms with van der Waals surface area (Å²) < 4.78 is 1.11. The first kappa shape index (κ1) is 10.8. The Morgan fingerprint density at radius 2 is 1.86 bits per heavy atom. The van der Waals surface area contributed by atoms with Gasteiger partial charge in [0.05, 0.1) is 5.54 Å². The van der Waals surface area contributed by atoms with Gasteiger partial charge in [0.15, 0.2) is 0 Å². The van der Waals surface area contributed by atoms with Gasteiger partial charge in [0.1, 0.15) is 0 Å². The summed E-state index contributed by atoms with van der Waals surface area (Å²) in [5.41, 5.74) is -1.56. The summed E-state index contributed by atoms with van der Waals surface area (Å²) in [5.74, 6) is 0. The van der Waals surface area contributed by atoms with E-state index in [0.717, 1.165) is 4.57 Å². The highest BCUT2D eigenvalue weighted by atomic mass is 16.3. The van der Waals surface area contributed by atoms with Gasteiger partial charge < -0.3 is 5.11 Å². The van der Waals surface area contributed by atoms with E-state index in [1.165, 1.54) is 0 Å². The molecular weight excluding hydrogens is 186 g/mol. The summed E-state index contributed by atoms with van der Waals surface area (Å²) >= 11 is 0. The Labute approximate surface area is 80.6 Å². The van der Waals surface area contributed by atoms with Crippen molar-refractivity contribution in [3.8, 4) is 0 Å². The molecule has 0 saturated carbocycles. The van der Waals surface area contributed by atoms with Crippen LogP contribution >= 0.6 is 0 Å². The van der Waals surface area contributed by atoms with Gasteiger partial charge in [0, 0.05) is 6.61 Å². The molecule has 1 aromatic heterocycles. The molecular formula is C8H15N3O3. The van der Waals surface area contributed by atoms with Gasteiger partial charge in [-0.3, -0.25) is 0 Å². The molecule has 0 radical (unpaired) electrons. The van der Waals surface area contributed by atoms with Crippen LogP contribution < -0.4 is 11.4 Å². The van der Waals surface area contributed by atoms with Crippen molar-refractivity contribution in [2.75, 3.05) is 6.61 Å². The van der Waals surface area contributed by atoms with Crippen molar-refractivity contribution in [3.63, 3.8) is 0 Å². The molecule has 6 nitrogen and oxygen atoms in total. The van der Waals surface area contributed by atoms with Gasteiger partial charge >= 0.3 is 11.4 Å². The van der Waals surface area contributed by atoms with Crippen LogP contribution in [0.1, 0.15) is 26.7 Å². The van der Waals surface area contributed by atoms with Crippen LogP contribution in [0, 0.1) is 0 Å². The topological polar surface area (TPSA) is 90.9 Å². The quantitative estimate of drug-likeness (QED) is 0.606. The molecule has 1 rings (SSSR count). The lowest BCUT2D eigenvalue weighted by Gasteiger charge is -2.26. The molecule has 1 atom stereocenters. The lowest BCUT2D eigenvalue weighted by atomic mass is 9.95. The largest absolute Gasteiger partial charge is 0.396 e.